The normalized spacial score (nSPS) is 14.4. The SMILES string of the molecule is CC(C)(C)NCC(O)c1ccc(C(F)(F)F)c(Cl)c1N. The molecule has 1 aromatic carbocycles. The summed E-state index contributed by atoms with van der Waals surface area (Å²) >= 11 is 5.64. The molecule has 0 spiro atoms. The van der Waals surface area contributed by atoms with Crippen LogP contribution in [0.3, 0.4) is 0 Å². The van der Waals surface area contributed by atoms with Crippen LogP contribution in [0.1, 0.15) is 38.0 Å². The zero-order chi connectivity index (χ0) is 15.7. The number of rotatable bonds is 3. The van der Waals surface area contributed by atoms with Crippen molar-refractivity contribution >= 4 is 17.3 Å². The number of alkyl halides is 3. The summed E-state index contributed by atoms with van der Waals surface area (Å²) in [5, 5.41) is 12.5. The number of hydrogen-bond donors (Lipinski definition) is 3. The minimum atomic E-state index is -4.57. The fourth-order valence-corrected chi connectivity index (χ4v) is 1.91. The van der Waals surface area contributed by atoms with Crippen molar-refractivity contribution in [3.8, 4) is 0 Å². The molecule has 1 aromatic rings. The number of nitrogen functional groups attached to an aromatic ring is 1. The molecule has 0 amide bonds. The number of nitrogens with one attached hydrogen (secondary N) is 1. The molecule has 1 atom stereocenters. The molecule has 0 aliphatic rings. The molecule has 0 saturated heterocycles. The molecule has 0 aliphatic heterocycles. The van der Waals surface area contributed by atoms with E-state index in [1.54, 1.807) is 0 Å². The maximum atomic E-state index is 12.7. The molecule has 0 radical (unpaired) electrons. The Balaban J connectivity index is 3.01. The molecule has 7 heteroatoms. The lowest BCUT2D eigenvalue weighted by Crippen LogP contribution is -2.38. The monoisotopic (exact) mass is 310 g/mol. The summed E-state index contributed by atoms with van der Waals surface area (Å²) in [6, 6.07) is 1.98. The van der Waals surface area contributed by atoms with Crippen LogP contribution in [0, 0.1) is 0 Å². The van der Waals surface area contributed by atoms with Gasteiger partial charge in [0.1, 0.15) is 0 Å². The van der Waals surface area contributed by atoms with Crippen molar-refractivity contribution in [1.29, 1.82) is 0 Å². The van der Waals surface area contributed by atoms with Gasteiger partial charge in [-0.3, -0.25) is 0 Å². The maximum absolute atomic E-state index is 12.7. The van der Waals surface area contributed by atoms with Crippen molar-refractivity contribution in [1.82, 2.24) is 5.32 Å². The van der Waals surface area contributed by atoms with Crippen molar-refractivity contribution < 1.29 is 18.3 Å². The number of nitrogens with two attached hydrogens (primary N) is 1. The first-order chi connectivity index (χ1) is 8.93. The van der Waals surface area contributed by atoms with E-state index in [0.717, 1.165) is 12.1 Å². The van der Waals surface area contributed by atoms with Gasteiger partial charge in [0, 0.05) is 17.6 Å². The van der Waals surface area contributed by atoms with Gasteiger partial charge in [0.25, 0.3) is 0 Å². The molecule has 0 heterocycles. The first-order valence-electron chi connectivity index (χ1n) is 6.01. The first-order valence-corrected chi connectivity index (χ1v) is 6.39. The van der Waals surface area contributed by atoms with Crippen molar-refractivity contribution in [2.75, 3.05) is 12.3 Å². The lowest BCUT2D eigenvalue weighted by molar-refractivity contribution is -0.137. The molecule has 0 aromatic heterocycles. The van der Waals surface area contributed by atoms with E-state index < -0.39 is 22.9 Å². The van der Waals surface area contributed by atoms with Gasteiger partial charge in [-0.05, 0) is 26.8 Å². The van der Waals surface area contributed by atoms with E-state index in [9.17, 15) is 18.3 Å². The van der Waals surface area contributed by atoms with Gasteiger partial charge in [-0.2, -0.15) is 13.2 Å². The van der Waals surface area contributed by atoms with E-state index in [0.29, 0.717) is 0 Å². The van der Waals surface area contributed by atoms with Crippen LogP contribution in [-0.2, 0) is 6.18 Å². The molecule has 1 rings (SSSR count). The summed E-state index contributed by atoms with van der Waals surface area (Å²) in [7, 11) is 0. The summed E-state index contributed by atoms with van der Waals surface area (Å²) in [6.45, 7) is 5.88. The van der Waals surface area contributed by atoms with Crippen LogP contribution < -0.4 is 11.1 Å². The van der Waals surface area contributed by atoms with Gasteiger partial charge in [-0.15, -0.1) is 0 Å². The Bertz CT molecular complexity index is 484. The topological polar surface area (TPSA) is 58.3 Å². The van der Waals surface area contributed by atoms with Gasteiger partial charge < -0.3 is 16.2 Å². The van der Waals surface area contributed by atoms with Gasteiger partial charge in [-0.1, -0.05) is 17.7 Å². The van der Waals surface area contributed by atoms with Crippen molar-refractivity contribution in [3.05, 3.63) is 28.3 Å². The highest BCUT2D eigenvalue weighted by molar-refractivity contribution is 6.34. The van der Waals surface area contributed by atoms with Crippen LogP contribution in [0.25, 0.3) is 0 Å². The molecule has 3 nitrogen and oxygen atoms in total. The Labute approximate surface area is 120 Å². The largest absolute Gasteiger partial charge is 0.417 e. The summed E-state index contributed by atoms with van der Waals surface area (Å²) in [6.07, 6.45) is -5.60. The number of hydrogen-bond acceptors (Lipinski definition) is 3. The van der Waals surface area contributed by atoms with Gasteiger partial charge in [0.15, 0.2) is 0 Å². The zero-order valence-electron chi connectivity index (χ0n) is 11.5. The predicted octanol–water partition coefficient (Wildman–Crippen LogP) is 3.36. The highest BCUT2D eigenvalue weighted by Gasteiger charge is 2.34. The van der Waals surface area contributed by atoms with E-state index in [1.165, 1.54) is 0 Å². The van der Waals surface area contributed by atoms with Crippen LogP contribution in [0.15, 0.2) is 12.1 Å². The van der Waals surface area contributed by atoms with Crippen LogP contribution in [0.4, 0.5) is 18.9 Å². The number of benzene rings is 1. The maximum Gasteiger partial charge on any atom is 0.417 e. The fourth-order valence-electron chi connectivity index (χ4n) is 1.63. The summed E-state index contributed by atoms with van der Waals surface area (Å²) in [5.41, 5.74) is 4.30. The minimum Gasteiger partial charge on any atom is -0.397 e. The number of halogens is 4. The second-order valence-corrected chi connectivity index (χ2v) is 5.95. The lowest BCUT2D eigenvalue weighted by atomic mass is 10.0. The standard InChI is InChI=1S/C13H18ClF3N2O/c1-12(2,3)19-6-9(20)7-4-5-8(13(15,16)17)10(14)11(7)18/h4-5,9,19-20H,6,18H2,1-3H3. The molecule has 20 heavy (non-hydrogen) atoms. The number of aliphatic hydroxyl groups is 1. The molecule has 4 N–H and O–H groups in total. The third-order valence-electron chi connectivity index (χ3n) is 2.70. The second kappa shape index (κ2) is 5.79. The van der Waals surface area contributed by atoms with E-state index in [2.05, 4.69) is 5.32 Å². The summed E-state index contributed by atoms with van der Waals surface area (Å²) < 4.78 is 38.0. The molecule has 114 valence electrons. The van der Waals surface area contributed by atoms with Gasteiger partial charge in [-0.25, -0.2) is 0 Å². The molecule has 0 aliphatic carbocycles. The van der Waals surface area contributed by atoms with E-state index in [-0.39, 0.29) is 23.3 Å². The van der Waals surface area contributed by atoms with E-state index >= 15 is 0 Å². The second-order valence-electron chi connectivity index (χ2n) is 5.57. The molecule has 0 saturated carbocycles. The quantitative estimate of drug-likeness (QED) is 0.750. The molecular weight excluding hydrogens is 293 g/mol. The molecule has 0 fully saturated rings. The fraction of sp³-hybridized carbons (Fsp3) is 0.538. The minimum absolute atomic E-state index is 0.162. The van der Waals surface area contributed by atoms with Crippen LogP contribution in [-0.4, -0.2) is 17.2 Å². The van der Waals surface area contributed by atoms with Gasteiger partial charge >= 0.3 is 6.18 Å². The lowest BCUT2D eigenvalue weighted by Gasteiger charge is -2.24. The molecule has 1 unspecified atom stereocenters. The van der Waals surface area contributed by atoms with Crippen molar-refractivity contribution in [3.63, 3.8) is 0 Å². The van der Waals surface area contributed by atoms with E-state index in [4.69, 9.17) is 17.3 Å². The summed E-state index contributed by atoms with van der Waals surface area (Å²) in [5.74, 6) is 0. The van der Waals surface area contributed by atoms with Crippen molar-refractivity contribution in [2.24, 2.45) is 0 Å². The molecule has 0 bridgehead atoms. The van der Waals surface area contributed by atoms with Gasteiger partial charge in [0.05, 0.1) is 22.4 Å². The number of β-amino-alcohol motifs (C(OH)–C–C–N with tert-alkyl or cyclic N) is 1. The van der Waals surface area contributed by atoms with Crippen LogP contribution >= 0.6 is 11.6 Å². The van der Waals surface area contributed by atoms with Crippen LogP contribution in [0.2, 0.25) is 5.02 Å². The predicted molar refractivity (Wildman–Crippen MR) is 73.6 cm³/mol. The Hall–Kier alpha value is -0.980. The smallest absolute Gasteiger partial charge is 0.397 e. The average molecular weight is 311 g/mol. The molecular formula is C13H18ClF3N2O. The third kappa shape index (κ3) is 4.26. The zero-order valence-corrected chi connectivity index (χ0v) is 12.2. The number of anilines is 1. The highest BCUT2D eigenvalue weighted by Crippen LogP contribution is 2.39. The Kier molecular flexibility index (Phi) is 4.94. The Morgan fingerprint density at radius 2 is 1.85 bits per heavy atom. The average Bonchev–Trinajstić information content (AvgIpc) is 2.27. The van der Waals surface area contributed by atoms with E-state index in [1.807, 2.05) is 20.8 Å². The number of aliphatic hydroxyl groups excluding tert-OH is 1. The Morgan fingerprint density at radius 1 is 1.30 bits per heavy atom. The Morgan fingerprint density at radius 3 is 2.30 bits per heavy atom. The highest BCUT2D eigenvalue weighted by atomic mass is 35.5. The van der Waals surface area contributed by atoms with Crippen LogP contribution in [0.5, 0.6) is 0 Å². The third-order valence-corrected chi connectivity index (χ3v) is 3.11. The first kappa shape index (κ1) is 17.1. The van der Waals surface area contributed by atoms with Crippen molar-refractivity contribution in [2.45, 2.75) is 38.6 Å². The summed E-state index contributed by atoms with van der Waals surface area (Å²) in [4.78, 5) is 0. The van der Waals surface area contributed by atoms with Gasteiger partial charge in [0.2, 0.25) is 0 Å².